The number of hydrogen-bond donors (Lipinski definition) is 1. The smallest absolute Gasteiger partial charge is 0.248 e. The van der Waals surface area contributed by atoms with Crippen molar-refractivity contribution in [2.75, 3.05) is 5.32 Å². The number of fused-ring (bicyclic) bond motifs is 1. The molecule has 3 rings (SSSR count). The number of aromatic nitrogens is 1. The van der Waals surface area contributed by atoms with E-state index in [4.69, 9.17) is 23.2 Å². The Labute approximate surface area is 141 Å². The maximum absolute atomic E-state index is 11.9. The molecule has 0 unspecified atom stereocenters. The van der Waals surface area contributed by atoms with Crippen LogP contribution in [0.4, 0.5) is 5.69 Å². The van der Waals surface area contributed by atoms with Crippen molar-refractivity contribution in [2.24, 2.45) is 0 Å². The van der Waals surface area contributed by atoms with E-state index in [-0.39, 0.29) is 5.91 Å². The third-order valence-electron chi connectivity index (χ3n) is 2.87. The molecule has 0 fully saturated rings. The van der Waals surface area contributed by atoms with Gasteiger partial charge in [-0.15, -0.1) is 11.3 Å². The fraction of sp³-hybridized carbons (Fsp3) is 0. The lowest BCUT2D eigenvalue weighted by Gasteiger charge is -2.04. The van der Waals surface area contributed by atoms with Gasteiger partial charge in [-0.1, -0.05) is 35.3 Å². The predicted octanol–water partition coefficient (Wildman–Crippen LogP) is 5.26. The topological polar surface area (TPSA) is 42.0 Å². The highest BCUT2D eigenvalue weighted by atomic mass is 35.5. The summed E-state index contributed by atoms with van der Waals surface area (Å²) in [5.74, 6) is -0.288. The molecule has 1 N–H and O–H groups in total. The van der Waals surface area contributed by atoms with E-state index in [0.29, 0.717) is 15.7 Å². The van der Waals surface area contributed by atoms with Crippen molar-refractivity contribution < 1.29 is 4.79 Å². The molecule has 1 heterocycles. The Morgan fingerprint density at radius 2 is 2.00 bits per heavy atom. The average Bonchev–Trinajstić information content (AvgIpc) is 2.92. The highest BCUT2D eigenvalue weighted by Crippen LogP contribution is 2.26. The van der Waals surface area contributed by atoms with E-state index < -0.39 is 0 Å². The van der Waals surface area contributed by atoms with Crippen LogP contribution in [0.2, 0.25) is 10.0 Å². The van der Waals surface area contributed by atoms with Crippen molar-refractivity contribution in [3.05, 3.63) is 63.6 Å². The minimum Gasteiger partial charge on any atom is -0.321 e. The fourth-order valence-electron chi connectivity index (χ4n) is 1.88. The lowest BCUT2D eigenvalue weighted by molar-refractivity contribution is -0.111. The van der Waals surface area contributed by atoms with Crippen LogP contribution in [0.5, 0.6) is 0 Å². The molecule has 0 saturated heterocycles. The van der Waals surface area contributed by atoms with Gasteiger partial charge in [-0.25, -0.2) is 4.98 Å². The minimum atomic E-state index is -0.288. The Hall–Kier alpha value is -1.88. The van der Waals surface area contributed by atoms with Gasteiger partial charge < -0.3 is 5.32 Å². The Morgan fingerprint density at radius 1 is 1.18 bits per heavy atom. The van der Waals surface area contributed by atoms with Gasteiger partial charge in [-0.3, -0.25) is 4.79 Å². The molecule has 0 bridgehead atoms. The minimum absolute atomic E-state index is 0.288. The van der Waals surface area contributed by atoms with Crippen molar-refractivity contribution in [3.63, 3.8) is 0 Å². The molecule has 1 amide bonds. The Kier molecular flexibility index (Phi) is 4.43. The van der Waals surface area contributed by atoms with Crippen LogP contribution in [-0.4, -0.2) is 10.9 Å². The van der Waals surface area contributed by atoms with Crippen LogP contribution in [0.15, 0.2) is 48.5 Å². The zero-order valence-electron chi connectivity index (χ0n) is 11.2. The highest BCUT2D eigenvalue weighted by Gasteiger charge is 2.05. The lowest BCUT2D eigenvalue weighted by atomic mass is 10.3. The molecule has 3 aromatic rings. The van der Waals surface area contributed by atoms with Gasteiger partial charge in [0, 0.05) is 11.1 Å². The molecular formula is C16H10Cl2N2OS. The van der Waals surface area contributed by atoms with Gasteiger partial charge >= 0.3 is 0 Å². The summed E-state index contributed by atoms with van der Waals surface area (Å²) < 4.78 is 1.08. The first-order valence-corrected chi connectivity index (χ1v) is 7.99. The van der Waals surface area contributed by atoms with Crippen LogP contribution in [0, 0.1) is 0 Å². The first-order valence-electron chi connectivity index (χ1n) is 6.41. The van der Waals surface area contributed by atoms with Gasteiger partial charge in [0.2, 0.25) is 5.91 Å². The Bertz CT molecular complexity index is 840. The third-order valence-corrected chi connectivity index (χ3v) is 4.44. The number of hydrogen-bond acceptors (Lipinski definition) is 3. The van der Waals surface area contributed by atoms with Gasteiger partial charge in [0.15, 0.2) is 0 Å². The van der Waals surface area contributed by atoms with Crippen LogP contribution in [0.3, 0.4) is 0 Å². The normalized spacial score (nSPS) is 11.2. The van der Waals surface area contributed by atoms with Gasteiger partial charge in [-0.2, -0.15) is 0 Å². The molecule has 0 atom stereocenters. The molecule has 1 aromatic heterocycles. The van der Waals surface area contributed by atoms with E-state index in [1.54, 1.807) is 24.3 Å². The van der Waals surface area contributed by atoms with E-state index in [1.807, 2.05) is 24.3 Å². The summed E-state index contributed by atoms with van der Waals surface area (Å²) in [5.41, 5.74) is 1.40. The zero-order chi connectivity index (χ0) is 15.5. The summed E-state index contributed by atoms with van der Waals surface area (Å²) in [5, 5.41) is 4.41. The molecule has 22 heavy (non-hydrogen) atoms. The van der Waals surface area contributed by atoms with Gasteiger partial charge in [0.05, 0.1) is 20.9 Å². The third kappa shape index (κ3) is 3.47. The monoisotopic (exact) mass is 348 g/mol. The second-order valence-electron chi connectivity index (χ2n) is 4.47. The summed E-state index contributed by atoms with van der Waals surface area (Å²) >= 11 is 13.4. The van der Waals surface area contributed by atoms with Crippen molar-refractivity contribution in [3.8, 4) is 0 Å². The number of benzene rings is 2. The number of carbonyl (C=O) groups excluding carboxylic acids is 1. The first-order chi connectivity index (χ1) is 10.6. The van der Waals surface area contributed by atoms with Crippen molar-refractivity contribution in [1.29, 1.82) is 0 Å². The van der Waals surface area contributed by atoms with Crippen molar-refractivity contribution in [1.82, 2.24) is 4.98 Å². The first kappa shape index (κ1) is 15.0. The number of nitrogens with zero attached hydrogens (tertiary/aromatic N) is 1. The molecule has 0 radical (unpaired) electrons. The number of anilines is 1. The standard InChI is InChI=1S/C16H10Cl2N2OS/c17-10-5-6-11(18)13(9-10)19-15(21)7-8-16-20-12-3-1-2-4-14(12)22-16/h1-9H,(H,19,21)/b8-7+. The van der Waals surface area contributed by atoms with E-state index in [9.17, 15) is 4.79 Å². The number of rotatable bonds is 3. The summed E-state index contributed by atoms with van der Waals surface area (Å²) in [6.07, 6.45) is 3.10. The number of halogens is 2. The van der Waals surface area contributed by atoms with E-state index in [1.165, 1.54) is 17.4 Å². The summed E-state index contributed by atoms with van der Waals surface area (Å²) in [7, 11) is 0. The number of nitrogens with one attached hydrogen (secondary N) is 1. The van der Waals surface area contributed by atoms with Crippen LogP contribution in [-0.2, 0) is 4.79 Å². The molecule has 0 aliphatic rings. The maximum Gasteiger partial charge on any atom is 0.248 e. The molecule has 3 nitrogen and oxygen atoms in total. The molecule has 6 heteroatoms. The Balaban J connectivity index is 1.74. The van der Waals surface area contributed by atoms with Crippen LogP contribution in [0.1, 0.15) is 5.01 Å². The quantitative estimate of drug-likeness (QED) is 0.656. The molecular weight excluding hydrogens is 339 g/mol. The van der Waals surface area contributed by atoms with Crippen molar-refractivity contribution >= 4 is 62.4 Å². The average molecular weight is 349 g/mol. The van der Waals surface area contributed by atoms with Crippen molar-refractivity contribution in [2.45, 2.75) is 0 Å². The molecule has 2 aromatic carbocycles. The van der Waals surface area contributed by atoms with E-state index in [2.05, 4.69) is 10.3 Å². The van der Waals surface area contributed by atoms with E-state index in [0.717, 1.165) is 15.2 Å². The van der Waals surface area contributed by atoms with Gasteiger partial charge in [0.1, 0.15) is 5.01 Å². The number of amides is 1. The largest absolute Gasteiger partial charge is 0.321 e. The summed E-state index contributed by atoms with van der Waals surface area (Å²) in [4.78, 5) is 16.4. The maximum atomic E-state index is 11.9. The number of carbonyl (C=O) groups is 1. The highest BCUT2D eigenvalue weighted by molar-refractivity contribution is 7.19. The number of para-hydroxylation sites is 1. The lowest BCUT2D eigenvalue weighted by Crippen LogP contribution is -2.08. The second kappa shape index (κ2) is 6.48. The van der Waals surface area contributed by atoms with Crippen LogP contribution < -0.4 is 5.32 Å². The fourth-order valence-corrected chi connectivity index (χ4v) is 3.08. The molecule has 0 aliphatic heterocycles. The van der Waals surface area contributed by atoms with Crippen LogP contribution >= 0.6 is 34.5 Å². The predicted molar refractivity (Wildman–Crippen MR) is 93.7 cm³/mol. The SMILES string of the molecule is O=C(/C=C/c1nc2ccccc2s1)Nc1cc(Cl)ccc1Cl. The molecule has 0 saturated carbocycles. The molecule has 0 aliphatic carbocycles. The zero-order valence-corrected chi connectivity index (χ0v) is 13.5. The van der Waals surface area contributed by atoms with Crippen LogP contribution in [0.25, 0.3) is 16.3 Å². The molecule has 110 valence electrons. The van der Waals surface area contributed by atoms with Gasteiger partial charge in [0.25, 0.3) is 0 Å². The van der Waals surface area contributed by atoms with E-state index >= 15 is 0 Å². The summed E-state index contributed by atoms with van der Waals surface area (Å²) in [6.45, 7) is 0. The second-order valence-corrected chi connectivity index (χ2v) is 6.37. The molecule has 0 spiro atoms. The summed E-state index contributed by atoms with van der Waals surface area (Å²) in [6, 6.07) is 12.7. The number of thiazole rings is 1. The Morgan fingerprint density at radius 3 is 2.82 bits per heavy atom. The van der Waals surface area contributed by atoms with Gasteiger partial charge in [-0.05, 0) is 36.4 Å².